The molecule has 2 heterocycles. The van der Waals surface area contributed by atoms with E-state index in [1.165, 1.54) is 36.4 Å². The average molecular weight is 461 g/mol. The molecule has 4 rings (SSSR count). The van der Waals surface area contributed by atoms with Crippen molar-refractivity contribution in [2.45, 2.75) is 19.3 Å². The molecule has 1 aliphatic rings. The molecule has 1 aliphatic heterocycles. The zero-order valence-electron chi connectivity index (χ0n) is 17.3. The summed E-state index contributed by atoms with van der Waals surface area (Å²) < 4.78 is 54.2. The molecule has 0 radical (unpaired) electrons. The minimum atomic E-state index is -4.74. The van der Waals surface area contributed by atoms with Gasteiger partial charge in [-0.1, -0.05) is 12.1 Å². The van der Waals surface area contributed by atoms with Crippen LogP contribution in [0.4, 0.5) is 17.6 Å². The zero-order valence-corrected chi connectivity index (χ0v) is 17.3. The molecule has 0 saturated carbocycles. The number of alkyl halides is 3. The number of nitrogens with one attached hydrogen (secondary N) is 2. The van der Waals surface area contributed by atoms with Crippen LogP contribution in [0.15, 0.2) is 57.2 Å². The van der Waals surface area contributed by atoms with Crippen LogP contribution in [0.3, 0.4) is 0 Å². The predicted octanol–water partition coefficient (Wildman–Crippen LogP) is 3.32. The predicted molar refractivity (Wildman–Crippen MR) is 116 cm³/mol. The topological polar surface area (TPSA) is 105 Å². The Bertz CT molecular complexity index is 1310. The van der Waals surface area contributed by atoms with Crippen molar-refractivity contribution >= 4 is 22.6 Å². The summed E-state index contributed by atoms with van der Waals surface area (Å²) in [5.74, 6) is -0.351. The van der Waals surface area contributed by atoms with Crippen molar-refractivity contribution in [2.24, 2.45) is 15.7 Å². The lowest BCUT2D eigenvalue weighted by atomic mass is 10.1. The van der Waals surface area contributed by atoms with Gasteiger partial charge in [0.1, 0.15) is 23.2 Å². The number of hydrogen-bond acceptors (Lipinski definition) is 5. The van der Waals surface area contributed by atoms with Gasteiger partial charge in [-0.2, -0.15) is 0 Å². The Labute approximate surface area is 185 Å². The summed E-state index contributed by atoms with van der Waals surface area (Å²) in [7, 11) is 0. The van der Waals surface area contributed by atoms with Gasteiger partial charge in [0.15, 0.2) is 5.43 Å². The number of hydrogen-bond donors (Lipinski definition) is 3. The summed E-state index contributed by atoms with van der Waals surface area (Å²) in [6, 6.07) is 9.18. The number of amidine groups is 2. The van der Waals surface area contributed by atoms with Crippen LogP contribution in [0.25, 0.3) is 10.9 Å². The molecular weight excluding hydrogens is 442 g/mol. The number of nitrogens with zero attached hydrogens (tertiary/aromatic N) is 2. The van der Waals surface area contributed by atoms with Gasteiger partial charge in [0.05, 0.1) is 30.3 Å². The van der Waals surface area contributed by atoms with Gasteiger partial charge in [0.25, 0.3) is 0 Å². The van der Waals surface area contributed by atoms with Crippen molar-refractivity contribution in [3.05, 3.63) is 75.3 Å². The summed E-state index contributed by atoms with van der Waals surface area (Å²) in [4.78, 5) is 24.3. The van der Waals surface area contributed by atoms with Crippen LogP contribution in [0, 0.1) is 12.7 Å². The van der Waals surface area contributed by atoms with E-state index in [1.807, 2.05) is 0 Å². The molecule has 1 unspecified atom stereocenters. The van der Waals surface area contributed by atoms with Crippen LogP contribution in [-0.4, -0.2) is 36.1 Å². The number of pyridine rings is 1. The SMILES string of the molecule is Cc1c(C(N)=NC2=NCC(c3ccc(OC(F)(F)F)cc3)NC2)[nH]c2ccc(F)cc2c1=O. The van der Waals surface area contributed by atoms with E-state index in [4.69, 9.17) is 5.73 Å². The number of halogens is 4. The maximum absolute atomic E-state index is 13.5. The van der Waals surface area contributed by atoms with E-state index < -0.39 is 12.2 Å². The van der Waals surface area contributed by atoms with Crippen molar-refractivity contribution in [2.75, 3.05) is 13.1 Å². The van der Waals surface area contributed by atoms with E-state index in [1.54, 1.807) is 6.92 Å². The highest BCUT2D eigenvalue weighted by atomic mass is 19.4. The average Bonchev–Trinajstić information content (AvgIpc) is 2.76. The third kappa shape index (κ3) is 5.03. The van der Waals surface area contributed by atoms with Crippen molar-refractivity contribution in [3.63, 3.8) is 0 Å². The van der Waals surface area contributed by atoms with E-state index in [0.29, 0.717) is 22.6 Å². The first-order chi connectivity index (χ1) is 15.6. The molecule has 0 aliphatic carbocycles. The Morgan fingerprint density at radius 3 is 2.58 bits per heavy atom. The highest BCUT2D eigenvalue weighted by Gasteiger charge is 2.31. The molecular formula is C22H19F4N5O2. The van der Waals surface area contributed by atoms with Crippen molar-refractivity contribution in [3.8, 4) is 5.75 Å². The third-order valence-electron chi connectivity index (χ3n) is 5.19. The van der Waals surface area contributed by atoms with Gasteiger partial charge in [-0.25, -0.2) is 9.38 Å². The minimum absolute atomic E-state index is 0.0588. The molecule has 0 saturated heterocycles. The number of H-pyrrole nitrogens is 1. The first-order valence-corrected chi connectivity index (χ1v) is 9.90. The molecule has 4 N–H and O–H groups in total. The lowest BCUT2D eigenvalue weighted by Gasteiger charge is -2.22. The molecule has 0 amide bonds. The number of nitrogens with two attached hydrogens (primary N) is 1. The zero-order chi connectivity index (χ0) is 23.8. The number of rotatable bonds is 3. The molecule has 3 aromatic rings. The number of aliphatic imine (C=N–C) groups is 2. The van der Waals surface area contributed by atoms with E-state index in [2.05, 4.69) is 25.0 Å². The van der Waals surface area contributed by atoms with E-state index in [9.17, 15) is 22.4 Å². The number of benzene rings is 2. The smallest absolute Gasteiger partial charge is 0.406 e. The molecule has 33 heavy (non-hydrogen) atoms. The van der Waals surface area contributed by atoms with Crippen molar-refractivity contribution in [1.29, 1.82) is 0 Å². The largest absolute Gasteiger partial charge is 0.573 e. The van der Waals surface area contributed by atoms with Gasteiger partial charge in [-0.15, -0.1) is 13.2 Å². The summed E-state index contributed by atoms with van der Waals surface area (Å²) in [6.45, 7) is 2.12. The second-order valence-electron chi connectivity index (χ2n) is 7.45. The van der Waals surface area contributed by atoms with Crippen LogP contribution in [-0.2, 0) is 0 Å². The summed E-state index contributed by atoms with van der Waals surface area (Å²) in [5, 5.41) is 3.42. The number of aromatic nitrogens is 1. The van der Waals surface area contributed by atoms with Gasteiger partial charge in [0.2, 0.25) is 0 Å². The van der Waals surface area contributed by atoms with Crippen LogP contribution in [0.2, 0.25) is 0 Å². The van der Waals surface area contributed by atoms with Gasteiger partial charge >= 0.3 is 6.36 Å². The first kappa shape index (κ1) is 22.5. The van der Waals surface area contributed by atoms with E-state index in [-0.39, 0.29) is 41.5 Å². The summed E-state index contributed by atoms with van der Waals surface area (Å²) in [6.07, 6.45) is -4.74. The maximum atomic E-state index is 13.5. The van der Waals surface area contributed by atoms with Gasteiger partial charge in [0, 0.05) is 10.9 Å². The second kappa shape index (κ2) is 8.66. The van der Waals surface area contributed by atoms with E-state index >= 15 is 0 Å². The lowest BCUT2D eigenvalue weighted by Crippen LogP contribution is -2.35. The summed E-state index contributed by atoms with van der Waals surface area (Å²) in [5.41, 5.74) is 7.57. The quantitative estimate of drug-likeness (QED) is 0.316. The Morgan fingerprint density at radius 2 is 1.94 bits per heavy atom. The lowest BCUT2D eigenvalue weighted by molar-refractivity contribution is -0.274. The maximum Gasteiger partial charge on any atom is 0.573 e. The van der Waals surface area contributed by atoms with Crippen LogP contribution < -0.4 is 21.2 Å². The first-order valence-electron chi connectivity index (χ1n) is 9.90. The highest BCUT2D eigenvalue weighted by molar-refractivity contribution is 6.06. The highest BCUT2D eigenvalue weighted by Crippen LogP contribution is 2.25. The van der Waals surface area contributed by atoms with Crippen LogP contribution >= 0.6 is 0 Å². The van der Waals surface area contributed by atoms with Gasteiger partial charge < -0.3 is 20.8 Å². The van der Waals surface area contributed by atoms with Crippen molar-refractivity contribution in [1.82, 2.24) is 10.3 Å². The number of fused-ring (bicyclic) bond motifs is 1. The second-order valence-corrected chi connectivity index (χ2v) is 7.45. The monoisotopic (exact) mass is 461 g/mol. The molecule has 1 aromatic heterocycles. The minimum Gasteiger partial charge on any atom is -0.406 e. The number of aromatic amines is 1. The van der Waals surface area contributed by atoms with Gasteiger partial charge in [-0.3, -0.25) is 9.79 Å². The molecule has 0 fully saturated rings. The summed E-state index contributed by atoms with van der Waals surface area (Å²) >= 11 is 0. The van der Waals surface area contributed by atoms with E-state index in [0.717, 1.165) is 11.6 Å². The molecule has 0 spiro atoms. The molecule has 7 nitrogen and oxygen atoms in total. The molecule has 1 atom stereocenters. The molecule has 2 aromatic carbocycles. The fourth-order valence-corrected chi connectivity index (χ4v) is 3.54. The van der Waals surface area contributed by atoms with Crippen LogP contribution in [0.5, 0.6) is 5.75 Å². The Kier molecular flexibility index (Phi) is 5.90. The van der Waals surface area contributed by atoms with Crippen molar-refractivity contribution < 1.29 is 22.3 Å². The Morgan fingerprint density at radius 1 is 1.21 bits per heavy atom. The standard InChI is InChI=1S/C22H19F4N5O2/c1-11-19(30-16-7-4-13(23)8-15(16)20(11)32)21(27)31-18-10-28-17(9-29-18)12-2-5-14(6-3-12)33-22(24,25)26/h2-8,17,28H,9-10H2,1H3,(H,30,32)(H2,27,29,31). The van der Waals surface area contributed by atoms with Gasteiger partial charge in [-0.05, 0) is 42.8 Å². The molecule has 172 valence electrons. The normalized spacial score (nSPS) is 17.2. The number of ether oxygens (including phenoxy) is 1. The third-order valence-corrected chi connectivity index (χ3v) is 5.19. The fourth-order valence-electron chi connectivity index (χ4n) is 3.54. The molecule has 11 heteroatoms. The Balaban J connectivity index is 1.51. The van der Waals surface area contributed by atoms with Crippen LogP contribution in [0.1, 0.15) is 22.9 Å². The molecule has 0 bridgehead atoms. The Hall–Kier alpha value is -3.73. The fraction of sp³-hybridized carbons (Fsp3) is 0.227.